The first-order valence-corrected chi connectivity index (χ1v) is 19.8. The van der Waals surface area contributed by atoms with Gasteiger partial charge in [-0.1, -0.05) is 140 Å². The van der Waals surface area contributed by atoms with Crippen LogP contribution < -0.4 is 0 Å². The predicted octanol–water partition coefficient (Wildman–Crippen LogP) is 13.9. The summed E-state index contributed by atoms with van der Waals surface area (Å²) in [5.74, 6) is 1.79. The van der Waals surface area contributed by atoms with Crippen molar-refractivity contribution in [3.8, 4) is 51.0 Å². The highest BCUT2D eigenvalue weighted by molar-refractivity contribution is 7.27. The second-order valence-electron chi connectivity index (χ2n) is 14.3. The second-order valence-corrected chi connectivity index (χ2v) is 15.4. The van der Waals surface area contributed by atoms with Crippen LogP contribution in [0.4, 0.5) is 0 Å². The minimum absolute atomic E-state index is 0.583. The van der Waals surface area contributed by atoms with Crippen LogP contribution in [-0.4, -0.2) is 19.5 Å². The van der Waals surface area contributed by atoms with E-state index in [1.54, 1.807) is 0 Å². The van der Waals surface area contributed by atoms with Crippen LogP contribution >= 0.6 is 11.3 Å². The molecule has 6 heteroatoms. The molecule has 0 amide bonds. The average Bonchev–Trinajstić information content (AvgIpc) is 3.96. The summed E-state index contributed by atoms with van der Waals surface area (Å²) in [5, 5.41) is 7.16. The molecule has 57 heavy (non-hydrogen) atoms. The number of hydrogen-bond acceptors (Lipinski definition) is 5. The fraction of sp³-hybridized carbons (Fsp3) is 0. The van der Waals surface area contributed by atoms with E-state index in [4.69, 9.17) is 19.4 Å². The molecular weight excluding hydrogens is 717 g/mol. The van der Waals surface area contributed by atoms with Crippen LogP contribution in [0.5, 0.6) is 0 Å². The van der Waals surface area contributed by atoms with Crippen LogP contribution in [0.3, 0.4) is 0 Å². The Balaban J connectivity index is 1.09. The number of para-hydroxylation sites is 3. The zero-order valence-electron chi connectivity index (χ0n) is 30.4. The van der Waals surface area contributed by atoms with E-state index in [0.717, 1.165) is 55.3 Å². The summed E-state index contributed by atoms with van der Waals surface area (Å²) >= 11 is 1.88. The number of aromatic nitrogens is 4. The van der Waals surface area contributed by atoms with Crippen molar-refractivity contribution in [2.75, 3.05) is 0 Å². The summed E-state index contributed by atoms with van der Waals surface area (Å²) in [7, 11) is 0. The molecule has 0 N–H and O–H groups in total. The van der Waals surface area contributed by atoms with E-state index < -0.39 is 0 Å². The minimum atomic E-state index is 0.583. The van der Waals surface area contributed by atoms with Crippen LogP contribution in [-0.2, 0) is 0 Å². The Hall–Kier alpha value is -7.41. The van der Waals surface area contributed by atoms with Gasteiger partial charge in [0, 0.05) is 58.4 Å². The van der Waals surface area contributed by atoms with Crippen molar-refractivity contribution in [2.24, 2.45) is 0 Å². The van der Waals surface area contributed by atoms with Gasteiger partial charge in [0.15, 0.2) is 17.5 Å². The van der Waals surface area contributed by atoms with E-state index in [1.807, 2.05) is 65.9 Å². The Morgan fingerprint density at radius 1 is 0.386 bits per heavy atom. The van der Waals surface area contributed by atoms with Gasteiger partial charge in [-0.15, -0.1) is 11.3 Å². The van der Waals surface area contributed by atoms with Crippen molar-refractivity contribution in [1.29, 1.82) is 0 Å². The highest BCUT2D eigenvalue weighted by atomic mass is 32.1. The standard InChI is InChI=1S/C51H30N4OS/c1-3-14-31(15-4-1)34-21-13-22-37-38-28-29-43-46(48(38)57-47(34)37)39-19-7-10-23-41(39)55(43)42-24-11-8-20-40(42)51-53-49(32-16-5-2-6-17-32)52-50(54-51)33-26-27-36-35-18-9-12-25-44(35)56-45(36)30-33/h1-30H. The number of furan rings is 1. The Kier molecular flexibility index (Phi) is 7.03. The van der Waals surface area contributed by atoms with Crippen LogP contribution in [0.15, 0.2) is 186 Å². The monoisotopic (exact) mass is 746 g/mol. The minimum Gasteiger partial charge on any atom is -0.456 e. The molecule has 0 aliphatic rings. The van der Waals surface area contributed by atoms with E-state index in [9.17, 15) is 0 Å². The van der Waals surface area contributed by atoms with Gasteiger partial charge in [-0.25, -0.2) is 15.0 Å². The lowest BCUT2D eigenvalue weighted by molar-refractivity contribution is 0.669. The fourth-order valence-electron chi connectivity index (χ4n) is 8.48. The van der Waals surface area contributed by atoms with Gasteiger partial charge in [0.25, 0.3) is 0 Å². The third-order valence-electron chi connectivity index (χ3n) is 11.1. The molecule has 0 saturated heterocycles. The van der Waals surface area contributed by atoms with Crippen LogP contribution in [0.1, 0.15) is 0 Å². The number of rotatable bonds is 5. The summed E-state index contributed by atoms with van der Waals surface area (Å²) in [4.78, 5) is 15.5. The number of hydrogen-bond donors (Lipinski definition) is 0. The lowest BCUT2D eigenvalue weighted by Gasteiger charge is -2.14. The SMILES string of the molecule is c1ccc(-c2nc(-c3ccc4c(c3)oc3ccccc34)nc(-c3ccccc3-n3c4ccccc4c4c5sc6c(-c7ccccc7)cccc6c5ccc43)n2)cc1. The summed E-state index contributed by atoms with van der Waals surface area (Å²) in [5.41, 5.74) is 10.1. The molecule has 0 aliphatic heterocycles. The molecule has 5 nitrogen and oxygen atoms in total. The van der Waals surface area contributed by atoms with Crippen molar-refractivity contribution in [1.82, 2.24) is 19.5 Å². The van der Waals surface area contributed by atoms with Crippen molar-refractivity contribution in [3.63, 3.8) is 0 Å². The van der Waals surface area contributed by atoms with Gasteiger partial charge in [-0.2, -0.15) is 0 Å². The first-order chi connectivity index (χ1) is 28.3. The number of fused-ring (bicyclic) bond motifs is 10. The Morgan fingerprint density at radius 3 is 1.86 bits per heavy atom. The number of benzene rings is 8. The third kappa shape index (κ3) is 4.98. The van der Waals surface area contributed by atoms with Crippen LogP contribution in [0.2, 0.25) is 0 Å². The van der Waals surface area contributed by atoms with Crippen LogP contribution in [0.25, 0.3) is 115 Å². The zero-order valence-corrected chi connectivity index (χ0v) is 31.2. The average molecular weight is 747 g/mol. The molecule has 0 unspecified atom stereocenters. The van der Waals surface area contributed by atoms with Crippen molar-refractivity contribution >= 4 is 75.3 Å². The molecule has 0 radical (unpaired) electrons. The summed E-state index contributed by atoms with van der Waals surface area (Å²) in [6.45, 7) is 0. The van der Waals surface area contributed by atoms with E-state index in [1.165, 1.54) is 42.1 Å². The first-order valence-electron chi connectivity index (χ1n) is 19.0. The van der Waals surface area contributed by atoms with Gasteiger partial charge < -0.3 is 8.98 Å². The van der Waals surface area contributed by atoms with Crippen molar-refractivity contribution in [2.45, 2.75) is 0 Å². The lowest BCUT2D eigenvalue weighted by Crippen LogP contribution is -2.03. The summed E-state index contributed by atoms with van der Waals surface area (Å²) in [6.07, 6.45) is 0. The fourth-order valence-corrected chi connectivity index (χ4v) is 9.87. The molecule has 8 aromatic carbocycles. The van der Waals surface area contributed by atoms with E-state index in [-0.39, 0.29) is 0 Å². The maximum Gasteiger partial charge on any atom is 0.166 e. The lowest BCUT2D eigenvalue weighted by atomic mass is 10.0. The second kappa shape index (κ2) is 12.6. The molecule has 0 aliphatic carbocycles. The number of nitrogens with zero attached hydrogens (tertiary/aromatic N) is 4. The topological polar surface area (TPSA) is 56.7 Å². The largest absolute Gasteiger partial charge is 0.456 e. The van der Waals surface area contributed by atoms with E-state index >= 15 is 0 Å². The highest BCUT2D eigenvalue weighted by Gasteiger charge is 2.22. The van der Waals surface area contributed by atoms with Gasteiger partial charge in [-0.3, -0.25) is 0 Å². The predicted molar refractivity (Wildman–Crippen MR) is 236 cm³/mol. The molecule has 0 atom stereocenters. The molecule has 4 aromatic heterocycles. The third-order valence-corrected chi connectivity index (χ3v) is 12.3. The van der Waals surface area contributed by atoms with Gasteiger partial charge >= 0.3 is 0 Å². The normalized spacial score (nSPS) is 11.9. The van der Waals surface area contributed by atoms with Gasteiger partial charge in [0.05, 0.1) is 16.7 Å². The van der Waals surface area contributed by atoms with Crippen molar-refractivity contribution < 1.29 is 4.42 Å². The van der Waals surface area contributed by atoms with Gasteiger partial charge in [0.1, 0.15) is 11.2 Å². The summed E-state index contributed by atoms with van der Waals surface area (Å²) < 4.78 is 11.3. The Labute approximate surface area is 330 Å². The Bertz CT molecular complexity index is 3530. The highest BCUT2D eigenvalue weighted by Crippen LogP contribution is 2.46. The van der Waals surface area contributed by atoms with Crippen LogP contribution in [0, 0.1) is 0 Å². The van der Waals surface area contributed by atoms with Gasteiger partial charge in [0.2, 0.25) is 0 Å². The smallest absolute Gasteiger partial charge is 0.166 e. The first kappa shape index (κ1) is 31.9. The molecule has 266 valence electrons. The Morgan fingerprint density at radius 2 is 1.00 bits per heavy atom. The molecule has 4 heterocycles. The molecule has 12 aromatic rings. The molecule has 12 rings (SSSR count). The maximum absolute atomic E-state index is 6.30. The van der Waals surface area contributed by atoms with E-state index in [2.05, 4.69) is 132 Å². The maximum atomic E-state index is 6.30. The molecule has 0 fully saturated rings. The quantitative estimate of drug-likeness (QED) is 0.176. The molecule has 0 spiro atoms. The summed E-state index contributed by atoms with van der Waals surface area (Å²) in [6, 6.07) is 63.7. The number of thiophene rings is 1. The molecule has 0 bridgehead atoms. The van der Waals surface area contributed by atoms with Gasteiger partial charge in [-0.05, 0) is 53.6 Å². The molecular formula is C51H30N4OS. The molecule has 0 saturated carbocycles. The van der Waals surface area contributed by atoms with E-state index in [0.29, 0.717) is 17.5 Å². The zero-order chi connectivity index (χ0) is 37.5. The van der Waals surface area contributed by atoms with Crippen molar-refractivity contribution in [3.05, 3.63) is 182 Å².